The minimum atomic E-state index is -0.662. The fraction of sp³-hybridized carbons (Fsp3) is 0.975. The van der Waals surface area contributed by atoms with Crippen LogP contribution >= 0.6 is 0 Å². The Hall–Kier alpha value is -1.14. The lowest BCUT2D eigenvalue weighted by Gasteiger charge is -2.22. The summed E-state index contributed by atoms with van der Waals surface area (Å²) in [6.07, 6.45) is 93.4. The Labute approximate surface area is 534 Å². The summed E-state index contributed by atoms with van der Waals surface area (Å²) in [5, 5.41) is 23.5. The first-order valence-electron chi connectivity index (χ1n) is 39.8. The molecule has 0 aliphatic carbocycles. The van der Waals surface area contributed by atoms with Crippen molar-refractivity contribution in [3.8, 4) is 0 Å². The summed E-state index contributed by atoms with van der Waals surface area (Å²) in [5.74, 6) is 0.000760. The lowest BCUT2D eigenvalue weighted by molar-refractivity contribution is -0.143. The second-order valence-electron chi connectivity index (χ2n) is 27.8. The highest BCUT2D eigenvalue weighted by molar-refractivity contribution is 5.76. The van der Waals surface area contributed by atoms with E-state index in [1.807, 2.05) is 0 Å². The van der Waals surface area contributed by atoms with Crippen molar-refractivity contribution in [2.24, 2.45) is 0 Å². The molecule has 2 unspecified atom stereocenters. The Morgan fingerprint density at radius 2 is 0.482 bits per heavy atom. The van der Waals surface area contributed by atoms with E-state index in [0.29, 0.717) is 25.9 Å². The lowest BCUT2D eigenvalue weighted by atomic mass is 10.0. The summed E-state index contributed by atoms with van der Waals surface area (Å²) in [4.78, 5) is 24.7. The number of amides is 1. The van der Waals surface area contributed by atoms with E-state index in [1.165, 1.54) is 398 Å². The van der Waals surface area contributed by atoms with Gasteiger partial charge in [-0.3, -0.25) is 9.59 Å². The number of aliphatic hydroxyl groups excluding tert-OH is 2. The van der Waals surface area contributed by atoms with Gasteiger partial charge in [0.15, 0.2) is 0 Å². The number of rotatable bonds is 76. The largest absolute Gasteiger partial charge is 0.466 e. The molecule has 0 aliphatic rings. The van der Waals surface area contributed by atoms with Crippen molar-refractivity contribution in [2.75, 3.05) is 13.2 Å². The van der Waals surface area contributed by atoms with E-state index in [-0.39, 0.29) is 18.5 Å². The molecule has 0 spiro atoms. The van der Waals surface area contributed by atoms with Crippen LogP contribution in [-0.4, -0.2) is 47.4 Å². The number of unbranched alkanes of at least 4 members (excludes halogenated alkanes) is 65. The van der Waals surface area contributed by atoms with Crippen molar-refractivity contribution in [3.63, 3.8) is 0 Å². The summed E-state index contributed by atoms with van der Waals surface area (Å²) in [5.41, 5.74) is 0. The zero-order valence-electron chi connectivity index (χ0n) is 58.4. The molecule has 0 saturated carbocycles. The number of esters is 1. The summed E-state index contributed by atoms with van der Waals surface area (Å²) in [6, 6.07) is -0.538. The molecule has 0 aromatic rings. The second-order valence-corrected chi connectivity index (χ2v) is 27.8. The predicted octanol–water partition coefficient (Wildman–Crippen LogP) is 26.1. The molecule has 6 nitrogen and oxygen atoms in total. The first-order valence-corrected chi connectivity index (χ1v) is 39.8. The maximum absolute atomic E-state index is 12.6. The fourth-order valence-electron chi connectivity index (χ4n) is 13.1. The number of carbonyl (C=O) groups excluding carboxylic acids is 2. The molecule has 0 aromatic carbocycles. The van der Waals surface area contributed by atoms with Crippen LogP contribution in [0.5, 0.6) is 0 Å². The van der Waals surface area contributed by atoms with Gasteiger partial charge in [-0.2, -0.15) is 0 Å². The zero-order chi connectivity index (χ0) is 61.3. The molecule has 2 atom stereocenters. The van der Waals surface area contributed by atoms with Crippen molar-refractivity contribution in [1.29, 1.82) is 0 Å². The zero-order valence-corrected chi connectivity index (χ0v) is 58.4. The third kappa shape index (κ3) is 71.8. The van der Waals surface area contributed by atoms with E-state index in [2.05, 4.69) is 19.2 Å². The van der Waals surface area contributed by atoms with Crippen LogP contribution < -0.4 is 5.32 Å². The first-order chi connectivity index (χ1) is 42.0. The normalized spacial score (nSPS) is 12.4. The van der Waals surface area contributed by atoms with Crippen LogP contribution in [0.4, 0.5) is 0 Å². The summed E-state index contributed by atoms with van der Waals surface area (Å²) < 4.78 is 5.52. The van der Waals surface area contributed by atoms with Crippen molar-refractivity contribution in [3.05, 3.63) is 0 Å². The van der Waals surface area contributed by atoms with E-state index >= 15 is 0 Å². The Kier molecular flexibility index (Phi) is 74.3. The van der Waals surface area contributed by atoms with Gasteiger partial charge in [-0.1, -0.05) is 431 Å². The third-order valence-electron chi connectivity index (χ3n) is 19.2. The van der Waals surface area contributed by atoms with Crippen LogP contribution in [0.15, 0.2) is 0 Å². The van der Waals surface area contributed by atoms with Gasteiger partial charge >= 0.3 is 5.97 Å². The molecule has 0 fully saturated rings. The monoisotopic (exact) mass is 1200 g/mol. The van der Waals surface area contributed by atoms with Gasteiger partial charge in [0.1, 0.15) is 0 Å². The van der Waals surface area contributed by atoms with E-state index < -0.39 is 12.1 Å². The maximum Gasteiger partial charge on any atom is 0.305 e. The van der Waals surface area contributed by atoms with Crippen LogP contribution in [0.1, 0.15) is 470 Å². The third-order valence-corrected chi connectivity index (χ3v) is 19.2. The molecule has 0 heterocycles. The topological polar surface area (TPSA) is 95.9 Å². The Morgan fingerprint density at radius 3 is 0.718 bits per heavy atom. The standard InChI is InChI=1S/C79H157NO5/c1-3-5-7-9-11-13-15-17-19-21-22-33-36-40-43-47-51-55-59-63-67-71-77(82)76(75-81)80-78(83)72-68-64-60-56-52-48-44-41-37-34-31-29-27-25-23-24-26-28-30-32-35-38-42-46-50-54-58-62-66-70-74-85-79(84)73-69-65-61-57-53-49-45-39-20-18-16-14-12-10-8-6-4-2/h76-77,81-82H,3-75H2,1-2H3,(H,80,83). The molecular formula is C79H157NO5. The van der Waals surface area contributed by atoms with Crippen LogP contribution in [-0.2, 0) is 14.3 Å². The minimum absolute atomic E-state index is 0.0250. The smallest absolute Gasteiger partial charge is 0.305 e. The first kappa shape index (κ1) is 83.9. The van der Waals surface area contributed by atoms with Crippen LogP contribution in [0.3, 0.4) is 0 Å². The van der Waals surface area contributed by atoms with Gasteiger partial charge in [0.25, 0.3) is 0 Å². The minimum Gasteiger partial charge on any atom is -0.466 e. The molecule has 0 radical (unpaired) electrons. The van der Waals surface area contributed by atoms with E-state index in [4.69, 9.17) is 4.74 Å². The SMILES string of the molecule is CCCCCCCCCCCCCCCCCCCCCCCC(O)C(CO)NC(=O)CCCCCCCCCCCCCCCCCCCCCCCCCCCCCCCCOC(=O)CCCCCCCCCCCCCCCCCCC. The van der Waals surface area contributed by atoms with Gasteiger partial charge in [-0.15, -0.1) is 0 Å². The molecule has 0 aromatic heterocycles. The number of hydrogen-bond acceptors (Lipinski definition) is 5. The number of aliphatic hydroxyl groups is 2. The highest BCUT2D eigenvalue weighted by atomic mass is 16.5. The second kappa shape index (κ2) is 75.3. The number of nitrogens with one attached hydrogen (secondary N) is 1. The molecule has 6 heteroatoms. The Morgan fingerprint density at radius 1 is 0.282 bits per heavy atom. The van der Waals surface area contributed by atoms with Crippen molar-refractivity contribution in [1.82, 2.24) is 5.32 Å². The van der Waals surface area contributed by atoms with Gasteiger partial charge in [-0.25, -0.2) is 0 Å². The van der Waals surface area contributed by atoms with Crippen LogP contribution in [0.25, 0.3) is 0 Å². The summed E-state index contributed by atoms with van der Waals surface area (Å²) >= 11 is 0. The average molecular weight is 1200 g/mol. The highest BCUT2D eigenvalue weighted by Crippen LogP contribution is 2.21. The van der Waals surface area contributed by atoms with Gasteiger partial charge in [0.05, 0.1) is 25.4 Å². The van der Waals surface area contributed by atoms with Gasteiger partial charge < -0.3 is 20.3 Å². The van der Waals surface area contributed by atoms with E-state index in [9.17, 15) is 19.8 Å². The fourth-order valence-corrected chi connectivity index (χ4v) is 13.1. The molecule has 1 amide bonds. The number of hydrogen-bond donors (Lipinski definition) is 3. The lowest BCUT2D eigenvalue weighted by Crippen LogP contribution is -2.45. The van der Waals surface area contributed by atoms with Crippen molar-refractivity contribution >= 4 is 11.9 Å². The maximum atomic E-state index is 12.6. The molecular weight excluding hydrogens is 1040 g/mol. The summed E-state index contributed by atoms with van der Waals surface area (Å²) in [7, 11) is 0. The molecule has 0 bridgehead atoms. The molecule has 3 N–H and O–H groups in total. The average Bonchev–Trinajstić information content (AvgIpc) is 3.51. The molecule has 508 valence electrons. The van der Waals surface area contributed by atoms with Crippen LogP contribution in [0, 0.1) is 0 Å². The molecule has 0 rings (SSSR count). The van der Waals surface area contributed by atoms with Gasteiger partial charge in [-0.05, 0) is 25.7 Å². The Balaban J connectivity index is 3.31. The van der Waals surface area contributed by atoms with Crippen molar-refractivity contribution < 1.29 is 24.5 Å². The van der Waals surface area contributed by atoms with E-state index in [0.717, 1.165) is 38.5 Å². The number of ether oxygens (including phenoxy) is 1. The van der Waals surface area contributed by atoms with E-state index in [1.54, 1.807) is 0 Å². The number of carbonyl (C=O) groups is 2. The predicted molar refractivity (Wildman–Crippen MR) is 375 cm³/mol. The molecule has 0 aliphatic heterocycles. The molecule has 0 saturated heterocycles. The van der Waals surface area contributed by atoms with Gasteiger partial charge in [0.2, 0.25) is 5.91 Å². The van der Waals surface area contributed by atoms with Crippen molar-refractivity contribution in [2.45, 2.75) is 482 Å². The quantitative estimate of drug-likeness (QED) is 0.0417. The van der Waals surface area contributed by atoms with Gasteiger partial charge in [0, 0.05) is 12.8 Å². The Bertz CT molecular complexity index is 1240. The molecule has 85 heavy (non-hydrogen) atoms. The summed E-state index contributed by atoms with van der Waals surface area (Å²) in [6.45, 7) is 5.02. The van der Waals surface area contributed by atoms with Crippen LogP contribution in [0.2, 0.25) is 0 Å². The highest BCUT2D eigenvalue weighted by Gasteiger charge is 2.20.